The van der Waals surface area contributed by atoms with Crippen LogP contribution in [0.5, 0.6) is 5.75 Å². The highest BCUT2D eigenvalue weighted by Gasteiger charge is 2.26. The Labute approximate surface area is 164 Å². The molecule has 4 rings (SSSR count). The van der Waals surface area contributed by atoms with E-state index in [0.717, 1.165) is 16.3 Å². The van der Waals surface area contributed by atoms with Crippen molar-refractivity contribution in [2.45, 2.75) is 10.9 Å². The molecule has 0 saturated carbocycles. The highest BCUT2D eigenvalue weighted by atomic mass is 32.2. The summed E-state index contributed by atoms with van der Waals surface area (Å²) in [6.45, 7) is 0. The average Bonchev–Trinajstić information content (AvgIpc) is 2.74. The Kier molecular flexibility index (Phi) is 4.86. The summed E-state index contributed by atoms with van der Waals surface area (Å²) in [5, 5.41) is 12.4. The maximum Gasteiger partial charge on any atom is 0.241 e. The summed E-state index contributed by atoms with van der Waals surface area (Å²) in [7, 11) is -3.80. The van der Waals surface area contributed by atoms with E-state index >= 15 is 0 Å². The van der Waals surface area contributed by atoms with Gasteiger partial charge in [-0.1, -0.05) is 78.9 Å². The van der Waals surface area contributed by atoms with Gasteiger partial charge < -0.3 is 5.11 Å². The molecule has 0 saturated heterocycles. The highest BCUT2D eigenvalue weighted by Crippen LogP contribution is 2.36. The highest BCUT2D eigenvalue weighted by molar-refractivity contribution is 7.89. The molecule has 1 atom stereocenters. The Balaban J connectivity index is 1.91. The molecule has 0 aliphatic carbocycles. The lowest BCUT2D eigenvalue weighted by molar-refractivity contribution is 0.464. The number of sulfonamides is 1. The quantitative estimate of drug-likeness (QED) is 0.524. The summed E-state index contributed by atoms with van der Waals surface area (Å²) in [4.78, 5) is 0.177. The minimum atomic E-state index is -3.80. The van der Waals surface area contributed by atoms with Crippen molar-refractivity contribution in [2.24, 2.45) is 0 Å². The largest absolute Gasteiger partial charge is 0.508 e. The first-order valence-electron chi connectivity index (χ1n) is 8.89. The molecule has 0 fully saturated rings. The van der Waals surface area contributed by atoms with E-state index in [1.165, 1.54) is 0 Å². The molecule has 0 aliphatic heterocycles. The van der Waals surface area contributed by atoms with Crippen molar-refractivity contribution in [3.63, 3.8) is 0 Å². The Morgan fingerprint density at radius 2 is 1.32 bits per heavy atom. The van der Waals surface area contributed by atoms with Crippen LogP contribution in [-0.2, 0) is 10.0 Å². The van der Waals surface area contributed by atoms with Gasteiger partial charge in [-0.3, -0.25) is 0 Å². The number of nitrogens with one attached hydrogen (secondary N) is 1. The van der Waals surface area contributed by atoms with E-state index in [-0.39, 0.29) is 10.6 Å². The Hall–Kier alpha value is -3.15. The molecule has 0 amide bonds. The molecule has 0 heterocycles. The van der Waals surface area contributed by atoms with Crippen LogP contribution in [0.2, 0.25) is 0 Å². The third kappa shape index (κ3) is 3.50. The van der Waals surface area contributed by atoms with E-state index < -0.39 is 16.1 Å². The fourth-order valence-electron chi connectivity index (χ4n) is 3.35. The number of benzene rings is 4. The summed E-state index contributed by atoms with van der Waals surface area (Å²) < 4.78 is 28.9. The first-order valence-corrected chi connectivity index (χ1v) is 10.4. The van der Waals surface area contributed by atoms with Crippen molar-refractivity contribution in [2.75, 3.05) is 0 Å². The number of rotatable bonds is 5. The minimum Gasteiger partial charge on any atom is -0.508 e. The van der Waals surface area contributed by atoms with Crippen LogP contribution in [0.1, 0.15) is 17.2 Å². The van der Waals surface area contributed by atoms with Gasteiger partial charge in [0.1, 0.15) is 5.75 Å². The van der Waals surface area contributed by atoms with Crippen molar-refractivity contribution in [3.8, 4) is 5.75 Å². The normalized spacial score (nSPS) is 12.7. The molecule has 4 aromatic rings. The predicted octanol–water partition coefficient (Wildman–Crippen LogP) is 4.61. The van der Waals surface area contributed by atoms with Gasteiger partial charge in [-0.05, 0) is 34.5 Å². The van der Waals surface area contributed by atoms with Gasteiger partial charge >= 0.3 is 0 Å². The van der Waals surface area contributed by atoms with E-state index in [2.05, 4.69) is 4.72 Å². The first kappa shape index (κ1) is 18.2. The molecule has 0 aromatic heterocycles. The molecular formula is C23H19NO3S. The van der Waals surface area contributed by atoms with Crippen molar-refractivity contribution in [1.82, 2.24) is 4.72 Å². The van der Waals surface area contributed by atoms with Crippen LogP contribution >= 0.6 is 0 Å². The van der Waals surface area contributed by atoms with Crippen LogP contribution in [0.4, 0.5) is 0 Å². The third-order valence-corrected chi connectivity index (χ3v) is 6.13. The molecule has 5 heteroatoms. The molecular weight excluding hydrogens is 370 g/mol. The lowest BCUT2D eigenvalue weighted by Gasteiger charge is -2.22. The number of aromatic hydroxyl groups is 1. The van der Waals surface area contributed by atoms with E-state index in [0.29, 0.717) is 5.56 Å². The number of hydrogen-bond donors (Lipinski definition) is 2. The van der Waals surface area contributed by atoms with Gasteiger partial charge in [0.15, 0.2) is 0 Å². The van der Waals surface area contributed by atoms with Crippen LogP contribution < -0.4 is 4.72 Å². The maximum atomic E-state index is 13.0. The molecule has 4 nitrogen and oxygen atoms in total. The smallest absolute Gasteiger partial charge is 0.241 e. The third-order valence-electron chi connectivity index (χ3n) is 4.70. The zero-order valence-electron chi connectivity index (χ0n) is 15.0. The van der Waals surface area contributed by atoms with Gasteiger partial charge in [0.05, 0.1) is 10.9 Å². The van der Waals surface area contributed by atoms with Gasteiger partial charge in [0.2, 0.25) is 10.0 Å². The lowest BCUT2D eigenvalue weighted by Crippen LogP contribution is -2.29. The lowest BCUT2D eigenvalue weighted by atomic mass is 9.93. The summed E-state index contributed by atoms with van der Waals surface area (Å²) in [5.74, 6) is 0.0447. The zero-order chi connectivity index (χ0) is 19.6. The van der Waals surface area contributed by atoms with Crippen molar-refractivity contribution in [1.29, 1.82) is 0 Å². The summed E-state index contributed by atoms with van der Waals surface area (Å²) in [6, 6.07) is 27.8. The van der Waals surface area contributed by atoms with Gasteiger partial charge in [-0.25, -0.2) is 8.42 Å². The monoisotopic (exact) mass is 389 g/mol. The molecule has 0 bridgehead atoms. The Morgan fingerprint density at radius 1 is 0.714 bits per heavy atom. The first-order chi connectivity index (χ1) is 13.6. The maximum absolute atomic E-state index is 13.0. The Bertz CT molecular complexity index is 1210. The second-order valence-corrected chi connectivity index (χ2v) is 8.21. The van der Waals surface area contributed by atoms with Gasteiger partial charge in [0.25, 0.3) is 0 Å². The van der Waals surface area contributed by atoms with Gasteiger partial charge in [0, 0.05) is 5.56 Å². The van der Waals surface area contributed by atoms with Crippen molar-refractivity contribution < 1.29 is 13.5 Å². The fourth-order valence-corrected chi connectivity index (χ4v) is 4.57. The fraction of sp³-hybridized carbons (Fsp3) is 0.0435. The van der Waals surface area contributed by atoms with E-state index in [9.17, 15) is 13.5 Å². The number of phenols is 1. The summed E-state index contributed by atoms with van der Waals surface area (Å²) in [5.41, 5.74) is 1.28. The SMILES string of the molecule is O=S(=O)(NC(c1ccccc1)c1c(O)ccc2ccccc12)c1ccccc1. The molecule has 28 heavy (non-hydrogen) atoms. The molecule has 2 N–H and O–H groups in total. The zero-order valence-corrected chi connectivity index (χ0v) is 15.8. The van der Waals surface area contributed by atoms with Crippen LogP contribution in [0, 0.1) is 0 Å². The molecule has 140 valence electrons. The number of phenolic OH excluding ortho intramolecular Hbond substituents is 1. The number of hydrogen-bond acceptors (Lipinski definition) is 3. The molecule has 0 aliphatic rings. The van der Waals surface area contributed by atoms with Gasteiger partial charge in [-0.2, -0.15) is 4.72 Å². The van der Waals surface area contributed by atoms with Crippen LogP contribution in [0.25, 0.3) is 10.8 Å². The standard InChI is InChI=1S/C23H19NO3S/c25-21-16-15-17-9-7-8-14-20(17)22(21)23(18-10-3-1-4-11-18)24-28(26,27)19-12-5-2-6-13-19/h1-16,23-25H. The number of fused-ring (bicyclic) bond motifs is 1. The second kappa shape index (κ2) is 7.46. The van der Waals surface area contributed by atoms with Gasteiger partial charge in [-0.15, -0.1) is 0 Å². The molecule has 0 spiro atoms. The van der Waals surface area contributed by atoms with Crippen molar-refractivity contribution in [3.05, 3.63) is 108 Å². The Morgan fingerprint density at radius 3 is 2.04 bits per heavy atom. The van der Waals surface area contributed by atoms with E-state index in [1.807, 2.05) is 60.7 Å². The average molecular weight is 389 g/mol. The summed E-state index contributed by atoms with van der Waals surface area (Å²) in [6.07, 6.45) is 0. The molecule has 4 aromatic carbocycles. The topological polar surface area (TPSA) is 66.4 Å². The van der Waals surface area contributed by atoms with Crippen LogP contribution in [-0.4, -0.2) is 13.5 Å². The molecule has 1 unspecified atom stereocenters. The minimum absolute atomic E-state index is 0.0447. The van der Waals surface area contributed by atoms with Crippen LogP contribution in [0.15, 0.2) is 102 Å². The van der Waals surface area contributed by atoms with E-state index in [1.54, 1.807) is 36.4 Å². The van der Waals surface area contributed by atoms with Crippen LogP contribution in [0.3, 0.4) is 0 Å². The summed E-state index contributed by atoms with van der Waals surface area (Å²) >= 11 is 0. The molecule has 0 radical (unpaired) electrons. The second-order valence-electron chi connectivity index (χ2n) is 6.50. The van der Waals surface area contributed by atoms with E-state index in [4.69, 9.17) is 0 Å². The van der Waals surface area contributed by atoms with Crippen molar-refractivity contribution >= 4 is 20.8 Å². The predicted molar refractivity (Wildman–Crippen MR) is 111 cm³/mol.